The highest BCUT2D eigenvalue weighted by Crippen LogP contribution is 2.49. The summed E-state index contributed by atoms with van der Waals surface area (Å²) in [5.74, 6) is 3.45. The highest BCUT2D eigenvalue weighted by Gasteiger charge is 2.27. The fourth-order valence-corrected chi connectivity index (χ4v) is 16.3. The number of aromatic nitrogens is 6. The Kier molecular flexibility index (Phi) is 12.4. The maximum atomic E-state index is 7.07. The molecule has 0 atom stereocenters. The minimum atomic E-state index is 0.535. The Morgan fingerprint density at radius 2 is 0.720 bits per heavy atom. The molecule has 0 amide bonds. The lowest BCUT2D eigenvalue weighted by atomic mass is 9.93. The van der Waals surface area contributed by atoms with E-state index in [-0.39, 0.29) is 0 Å². The lowest BCUT2D eigenvalue weighted by molar-refractivity contribution is 0.668. The van der Waals surface area contributed by atoms with Crippen molar-refractivity contribution in [1.82, 2.24) is 29.9 Å². The van der Waals surface area contributed by atoms with E-state index in [1.54, 1.807) is 0 Å². The van der Waals surface area contributed by atoms with Gasteiger partial charge in [0.05, 0.1) is 0 Å². The molecule has 0 unspecified atom stereocenters. The molecule has 0 N–H and O–H groups in total. The molecule has 0 aliphatic rings. The Morgan fingerprint density at radius 3 is 1.48 bits per heavy atom. The second-order valence-electron chi connectivity index (χ2n) is 25.5. The molecule has 0 spiro atoms. The van der Waals surface area contributed by atoms with Gasteiger partial charge in [0.25, 0.3) is 0 Å². The van der Waals surface area contributed by atoms with Gasteiger partial charge in [0.15, 0.2) is 34.9 Å². The van der Waals surface area contributed by atoms with E-state index < -0.39 is 0 Å². The monoisotopic (exact) mass is 1290 g/mol. The molecule has 0 radical (unpaired) electrons. The van der Waals surface area contributed by atoms with E-state index in [1.807, 2.05) is 121 Å². The second-order valence-corrected chi connectivity index (χ2v) is 26.6. The quantitative estimate of drug-likeness (QED) is 0.130. The number of nitrogens with zero attached hydrogens (tertiary/aromatic N) is 6. The number of fused-ring (bicyclic) bond motifs is 16. The summed E-state index contributed by atoms with van der Waals surface area (Å²) in [7, 11) is 0. The Morgan fingerprint density at radius 1 is 0.210 bits per heavy atom. The van der Waals surface area contributed by atoms with Gasteiger partial charge < -0.3 is 13.3 Å². The smallest absolute Gasteiger partial charge is 0.165 e. The van der Waals surface area contributed by atoms with Crippen LogP contribution in [0.3, 0.4) is 0 Å². The maximum absolute atomic E-state index is 7.07. The van der Waals surface area contributed by atoms with Gasteiger partial charge in [0, 0.05) is 91.4 Å². The fraction of sp³-hybridized carbons (Fsp3) is 0. The van der Waals surface area contributed by atoms with E-state index in [4.69, 9.17) is 43.2 Å². The molecule has 0 saturated heterocycles. The topological polar surface area (TPSA) is 117 Å². The molecule has 0 bridgehead atoms. The fourth-order valence-electron chi connectivity index (χ4n) is 15.1. The molecule has 9 nitrogen and oxygen atoms in total. The molecule has 6 heterocycles. The first-order valence-electron chi connectivity index (χ1n) is 33.4. The van der Waals surface area contributed by atoms with Crippen LogP contribution < -0.4 is 0 Å². The van der Waals surface area contributed by atoms with E-state index in [0.717, 1.165) is 149 Å². The van der Waals surface area contributed by atoms with E-state index in [2.05, 4.69) is 194 Å². The zero-order valence-corrected chi connectivity index (χ0v) is 54.0. The van der Waals surface area contributed by atoms with E-state index >= 15 is 0 Å². The predicted octanol–water partition coefficient (Wildman–Crippen LogP) is 24.6. The minimum absolute atomic E-state index is 0.535. The number of rotatable bonds is 9. The molecule has 6 aromatic heterocycles. The van der Waals surface area contributed by atoms with Gasteiger partial charge in [-0.05, 0) is 127 Å². The van der Waals surface area contributed by atoms with Crippen molar-refractivity contribution in [1.29, 1.82) is 0 Å². The van der Waals surface area contributed by atoms with Crippen molar-refractivity contribution in [2.75, 3.05) is 0 Å². The molecule has 21 rings (SSSR count). The van der Waals surface area contributed by atoms with Crippen molar-refractivity contribution in [3.8, 4) is 102 Å². The molecule has 0 aliphatic heterocycles. The minimum Gasteiger partial charge on any atom is -0.456 e. The first kappa shape index (κ1) is 55.9. The normalized spacial score (nSPS) is 12.0. The van der Waals surface area contributed by atoms with Crippen LogP contribution in [-0.4, -0.2) is 29.9 Å². The summed E-state index contributed by atoms with van der Waals surface area (Å²) in [6, 6.07) is 106. The first-order valence-corrected chi connectivity index (χ1v) is 34.2. The summed E-state index contributed by atoms with van der Waals surface area (Å²) in [5, 5.41) is 15.2. The highest BCUT2D eigenvalue weighted by molar-refractivity contribution is 7.26. The maximum Gasteiger partial charge on any atom is 0.165 e. The number of benzene rings is 15. The Hall–Kier alpha value is -13.3. The molecule has 0 saturated carbocycles. The van der Waals surface area contributed by atoms with Gasteiger partial charge in [0.1, 0.15) is 33.5 Å². The van der Waals surface area contributed by atoms with Gasteiger partial charge in [-0.15, -0.1) is 11.3 Å². The van der Waals surface area contributed by atoms with Crippen LogP contribution in [0.5, 0.6) is 0 Å². The Labute approximate surface area is 574 Å². The molecular weight excluding hydrogens is 1250 g/mol. The van der Waals surface area contributed by atoms with Gasteiger partial charge in [0.2, 0.25) is 0 Å². The average Bonchev–Trinajstić information content (AvgIpc) is 1.55. The SMILES string of the molecule is c1ccc(-c2nc(-c3ccccc3)nc(-c3c(-c4cccc5c4oc4cc6ccc(-c7ccc8c(c7)sc7cccc(-c9cccc%10oc%11cccc(-c%12nc(-c%13ccccc%13)nc(-c%13ccc%14c(ccc%15ccccc%15%14)c%13)n%12)c%11c9%10)c78)cc6cc45)ccc4oc5ccccc5c34)n2)cc1. The summed E-state index contributed by atoms with van der Waals surface area (Å²) < 4.78 is 22.9. The molecule has 100 heavy (non-hydrogen) atoms. The predicted molar refractivity (Wildman–Crippen MR) is 409 cm³/mol. The average molecular weight is 1300 g/mol. The molecule has 0 aliphatic carbocycles. The van der Waals surface area contributed by atoms with Gasteiger partial charge in [-0.2, -0.15) is 0 Å². The third-order valence-electron chi connectivity index (χ3n) is 19.8. The van der Waals surface area contributed by atoms with E-state index in [1.165, 1.54) is 36.3 Å². The van der Waals surface area contributed by atoms with Crippen LogP contribution >= 0.6 is 11.3 Å². The highest BCUT2D eigenvalue weighted by atomic mass is 32.1. The molecule has 15 aromatic carbocycles. The molecule has 21 aromatic rings. The number of furan rings is 3. The Bertz CT molecular complexity index is 6920. The number of para-hydroxylation sites is 2. The zero-order valence-electron chi connectivity index (χ0n) is 53.2. The third-order valence-corrected chi connectivity index (χ3v) is 20.9. The number of hydrogen-bond donors (Lipinski definition) is 0. The molecule has 464 valence electrons. The van der Waals surface area contributed by atoms with Crippen molar-refractivity contribution >= 4 is 130 Å². The summed E-state index contributed by atoms with van der Waals surface area (Å²) in [6.45, 7) is 0. The molecule has 0 fully saturated rings. The van der Waals surface area contributed by atoms with Crippen molar-refractivity contribution in [3.05, 3.63) is 303 Å². The van der Waals surface area contributed by atoms with Crippen LogP contribution in [0.1, 0.15) is 0 Å². The summed E-state index contributed by atoms with van der Waals surface area (Å²) in [5.41, 5.74) is 16.2. The van der Waals surface area contributed by atoms with Crippen molar-refractivity contribution in [3.63, 3.8) is 0 Å². The van der Waals surface area contributed by atoms with E-state index in [9.17, 15) is 0 Å². The van der Waals surface area contributed by atoms with Crippen LogP contribution in [0.25, 0.3) is 220 Å². The van der Waals surface area contributed by atoms with Crippen LogP contribution in [0.15, 0.2) is 317 Å². The van der Waals surface area contributed by atoms with Gasteiger partial charge >= 0.3 is 0 Å². The van der Waals surface area contributed by atoms with Gasteiger partial charge in [-0.3, -0.25) is 0 Å². The largest absolute Gasteiger partial charge is 0.456 e. The summed E-state index contributed by atoms with van der Waals surface area (Å²) in [4.78, 5) is 31.5. The first-order chi connectivity index (χ1) is 49.5. The van der Waals surface area contributed by atoms with Crippen LogP contribution in [0.2, 0.25) is 0 Å². The van der Waals surface area contributed by atoms with Crippen molar-refractivity contribution in [2.24, 2.45) is 0 Å². The standard InChI is InChI=1S/C90H50N6O3S/c1-4-19-52(20-5-1)85-92-88(59-41-42-62-58(47-59)39-36-51-18-10-11-25-61(51)62)94-89(93-85)70-31-16-34-74-82(70)80-64(27-15-33-73(80)98-74)63-28-17-35-77-79(63)69-43-40-57(50-78(69)100-77)55-37-38-56-49-76-71(48-60(56)46-55)67-30-14-29-66(84(67)99-76)65-44-45-75-81(68-26-12-13-32-72(68)97-75)83(65)90-95-86(53-21-6-2-7-22-53)91-87(96-90)54-23-8-3-9-24-54/h1-50H. The van der Waals surface area contributed by atoms with Crippen molar-refractivity contribution in [2.45, 2.75) is 0 Å². The lowest BCUT2D eigenvalue weighted by Crippen LogP contribution is -2.01. The van der Waals surface area contributed by atoms with Gasteiger partial charge in [-0.25, -0.2) is 29.9 Å². The lowest BCUT2D eigenvalue weighted by Gasteiger charge is -2.13. The summed E-state index contributed by atoms with van der Waals surface area (Å²) >= 11 is 1.82. The number of hydrogen-bond acceptors (Lipinski definition) is 10. The molecule has 10 heteroatoms. The van der Waals surface area contributed by atoms with Gasteiger partial charge in [-0.1, -0.05) is 237 Å². The van der Waals surface area contributed by atoms with Crippen LogP contribution in [0.4, 0.5) is 0 Å². The van der Waals surface area contributed by atoms with Crippen LogP contribution in [-0.2, 0) is 0 Å². The Balaban J connectivity index is 0.670. The summed E-state index contributed by atoms with van der Waals surface area (Å²) in [6.07, 6.45) is 0. The second kappa shape index (κ2) is 22.1. The van der Waals surface area contributed by atoms with E-state index in [0.29, 0.717) is 34.9 Å². The van der Waals surface area contributed by atoms with Crippen molar-refractivity contribution < 1.29 is 13.3 Å². The third kappa shape index (κ3) is 8.94. The zero-order chi connectivity index (χ0) is 65.5. The molecular formula is C90H50N6O3S. The number of thiophene rings is 1. The van der Waals surface area contributed by atoms with Crippen LogP contribution in [0, 0.1) is 0 Å².